The molecule has 0 aliphatic carbocycles. The van der Waals surface area contributed by atoms with Gasteiger partial charge >= 0.3 is 0 Å². The summed E-state index contributed by atoms with van der Waals surface area (Å²) in [6.07, 6.45) is 0. The summed E-state index contributed by atoms with van der Waals surface area (Å²) in [6.45, 7) is 4.04. The second-order valence-electron chi connectivity index (χ2n) is 7.31. The third-order valence-corrected chi connectivity index (χ3v) is 5.85. The van der Waals surface area contributed by atoms with Crippen LogP contribution in [-0.4, -0.2) is 21.2 Å². The van der Waals surface area contributed by atoms with Gasteiger partial charge in [-0.05, 0) is 50.2 Å². The Balaban J connectivity index is 1.27. The standard InChI is InChI=1S/C24H18N4O3S/c1-14-3-6-16(7-4-14)20-13-19(27-30-20)23(29)25-18-10-8-17(9-11-18)24-26-22(28-31-24)21-12-5-15(2)32-21/h3-13H,1-2H3,(H,25,29). The van der Waals surface area contributed by atoms with Crippen LogP contribution in [0.15, 0.2) is 75.8 Å². The summed E-state index contributed by atoms with van der Waals surface area (Å²) < 4.78 is 10.7. The van der Waals surface area contributed by atoms with Crippen molar-refractivity contribution in [2.75, 3.05) is 5.32 Å². The molecule has 0 bridgehead atoms. The van der Waals surface area contributed by atoms with Gasteiger partial charge in [0.1, 0.15) is 0 Å². The molecule has 0 saturated carbocycles. The molecule has 0 aliphatic heterocycles. The van der Waals surface area contributed by atoms with Gasteiger partial charge < -0.3 is 14.4 Å². The van der Waals surface area contributed by atoms with Crippen LogP contribution in [0.5, 0.6) is 0 Å². The maximum Gasteiger partial charge on any atom is 0.277 e. The minimum atomic E-state index is -0.354. The third-order valence-electron chi connectivity index (χ3n) is 4.86. The molecule has 0 spiro atoms. The predicted octanol–water partition coefficient (Wildman–Crippen LogP) is 5.99. The molecule has 1 N–H and O–H groups in total. The highest BCUT2D eigenvalue weighted by atomic mass is 32.1. The predicted molar refractivity (Wildman–Crippen MR) is 122 cm³/mol. The molecule has 0 atom stereocenters. The van der Waals surface area contributed by atoms with Crippen LogP contribution in [0, 0.1) is 13.8 Å². The smallest absolute Gasteiger partial charge is 0.277 e. The maximum absolute atomic E-state index is 12.6. The number of nitrogens with one attached hydrogen (secondary N) is 1. The summed E-state index contributed by atoms with van der Waals surface area (Å²) in [5.41, 5.74) is 3.60. The van der Waals surface area contributed by atoms with Crippen molar-refractivity contribution in [3.05, 3.63) is 82.9 Å². The highest BCUT2D eigenvalue weighted by Gasteiger charge is 2.15. The highest BCUT2D eigenvalue weighted by molar-refractivity contribution is 7.15. The second kappa shape index (κ2) is 8.24. The van der Waals surface area contributed by atoms with E-state index in [1.165, 1.54) is 4.88 Å². The van der Waals surface area contributed by atoms with E-state index in [0.29, 0.717) is 23.2 Å². The Morgan fingerprint density at radius 1 is 0.875 bits per heavy atom. The van der Waals surface area contributed by atoms with Crippen LogP contribution >= 0.6 is 11.3 Å². The molecule has 0 saturated heterocycles. The first-order valence-electron chi connectivity index (χ1n) is 9.91. The normalized spacial score (nSPS) is 10.9. The zero-order valence-electron chi connectivity index (χ0n) is 17.3. The number of aryl methyl sites for hydroxylation is 2. The van der Waals surface area contributed by atoms with Crippen molar-refractivity contribution < 1.29 is 13.8 Å². The lowest BCUT2D eigenvalue weighted by Crippen LogP contribution is -2.11. The first kappa shape index (κ1) is 19.9. The summed E-state index contributed by atoms with van der Waals surface area (Å²) >= 11 is 1.61. The van der Waals surface area contributed by atoms with Gasteiger partial charge in [0.2, 0.25) is 5.82 Å². The Labute approximate surface area is 187 Å². The maximum atomic E-state index is 12.6. The van der Waals surface area contributed by atoms with Crippen LogP contribution < -0.4 is 5.32 Å². The van der Waals surface area contributed by atoms with Crippen LogP contribution in [0.25, 0.3) is 33.5 Å². The van der Waals surface area contributed by atoms with E-state index in [2.05, 4.69) is 20.6 Å². The number of amides is 1. The number of rotatable bonds is 5. The van der Waals surface area contributed by atoms with Crippen molar-refractivity contribution in [3.8, 4) is 33.5 Å². The van der Waals surface area contributed by atoms with Crippen molar-refractivity contribution in [1.29, 1.82) is 0 Å². The quantitative estimate of drug-likeness (QED) is 0.359. The fourth-order valence-electron chi connectivity index (χ4n) is 3.12. The van der Waals surface area contributed by atoms with Crippen LogP contribution in [0.3, 0.4) is 0 Å². The zero-order valence-corrected chi connectivity index (χ0v) is 18.1. The Kier molecular flexibility index (Phi) is 5.12. The summed E-state index contributed by atoms with van der Waals surface area (Å²) in [7, 11) is 0. The average molecular weight is 443 g/mol. The highest BCUT2D eigenvalue weighted by Crippen LogP contribution is 2.28. The van der Waals surface area contributed by atoms with Gasteiger partial charge in [0.25, 0.3) is 11.8 Å². The molecule has 5 rings (SSSR count). The van der Waals surface area contributed by atoms with Crippen molar-refractivity contribution in [3.63, 3.8) is 0 Å². The van der Waals surface area contributed by atoms with Gasteiger partial charge in [-0.2, -0.15) is 4.98 Å². The van der Waals surface area contributed by atoms with E-state index in [9.17, 15) is 4.79 Å². The lowest BCUT2D eigenvalue weighted by atomic mass is 10.1. The summed E-state index contributed by atoms with van der Waals surface area (Å²) in [6, 6.07) is 20.6. The Morgan fingerprint density at radius 2 is 1.62 bits per heavy atom. The monoisotopic (exact) mass is 442 g/mol. The molecule has 3 heterocycles. The Morgan fingerprint density at radius 3 is 2.34 bits per heavy atom. The molecule has 5 aromatic rings. The molecule has 0 unspecified atom stereocenters. The lowest BCUT2D eigenvalue weighted by molar-refractivity contribution is 0.101. The number of anilines is 1. The van der Waals surface area contributed by atoms with E-state index in [1.54, 1.807) is 29.5 Å². The summed E-state index contributed by atoms with van der Waals surface area (Å²) in [5.74, 6) is 1.17. The van der Waals surface area contributed by atoms with E-state index >= 15 is 0 Å². The molecular formula is C24H18N4O3S. The fraction of sp³-hybridized carbons (Fsp3) is 0.0833. The molecular weight excluding hydrogens is 424 g/mol. The van der Waals surface area contributed by atoms with Gasteiger partial charge in [0.05, 0.1) is 4.88 Å². The molecule has 2 aromatic carbocycles. The molecule has 8 heteroatoms. The van der Waals surface area contributed by atoms with E-state index < -0.39 is 0 Å². The van der Waals surface area contributed by atoms with Crippen molar-refractivity contribution in [2.24, 2.45) is 0 Å². The molecule has 3 aromatic heterocycles. The van der Waals surface area contributed by atoms with Crippen molar-refractivity contribution >= 4 is 22.9 Å². The van der Waals surface area contributed by atoms with E-state index in [0.717, 1.165) is 21.6 Å². The molecule has 7 nitrogen and oxygen atoms in total. The number of aromatic nitrogens is 3. The number of hydrogen-bond donors (Lipinski definition) is 1. The summed E-state index contributed by atoms with van der Waals surface area (Å²) in [5, 5.41) is 10.8. The van der Waals surface area contributed by atoms with Gasteiger partial charge in [0.15, 0.2) is 11.5 Å². The number of carbonyl (C=O) groups is 1. The number of nitrogens with zero attached hydrogens (tertiary/aromatic N) is 3. The number of carbonyl (C=O) groups excluding carboxylic acids is 1. The minimum Gasteiger partial charge on any atom is -0.355 e. The van der Waals surface area contributed by atoms with Crippen LogP contribution in [0.4, 0.5) is 5.69 Å². The van der Waals surface area contributed by atoms with Gasteiger partial charge in [-0.1, -0.05) is 40.1 Å². The van der Waals surface area contributed by atoms with Gasteiger partial charge in [-0.15, -0.1) is 11.3 Å². The number of benzene rings is 2. The first-order chi connectivity index (χ1) is 15.5. The fourth-order valence-corrected chi connectivity index (χ4v) is 3.92. The van der Waals surface area contributed by atoms with Gasteiger partial charge in [-0.25, -0.2) is 0 Å². The van der Waals surface area contributed by atoms with Crippen molar-refractivity contribution in [1.82, 2.24) is 15.3 Å². The molecule has 0 fully saturated rings. The minimum absolute atomic E-state index is 0.206. The lowest BCUT2D eigenvalue weighted by Gasteiger charge is -2.03. The van der Waals surface area contributed by atoms with E-state index in [-0.39, 0.29) is 11.6 Å². The number of thiophene rings is 1. The largest absolute Gasteiger partial charge is 0.355 e. The molecule has 0 radical (unpaired) electrons. The van der Waals surface area contributed by atoms with Crippen LogP contribution in [0.2, 0.25) is 0 Å². The van der Waals surface area contributed by atoms with E-state index in [1.807, 2.05) is 62.4 Å². The van der Waals surface area contributed by atoms with Gasteiger partial charge in [0, 0.05) is 27.8 Å². The average Bonchev–Trinajstić information content (AvgIpc) is 3.55. The Hall–Kier alpha value is -4.04. The summed E-state index contributed by atoms with van der Waals surface area (Å²) in [4.78, 5) is 19.2. The SMILES string of the molecule is Cc1ccc(-c2cc(C(=O)Nc3ccc(-c4nc(-c5ccc(C)s5)no4)cc3)no2)cc1. The molecule has 32 heavy (non-hydrogen) atoms. The molecule has 1 amide bonds. The van der Waals surface area contributed by atoms with Crippen LogP contribution in [0.1, 0.15) is 20.9 Å². The van der Waals surface area contributed by atoms with Gasteiger partial charge in [-0.3, -0.25) is 4.79 Å². The van der Waals surface area contributed by atoms with Crippen molar-refractivity contribution in [2.45, 2.75) is 13.8 Å². The second-order valence-corrected chi connectivity index (χ2v) is 8.60. The Bertz CT molecular complexity index is 1380. The molecule has 0 aliphatic rings. The van der Waals surface area contributed by atoms with E-state index in [4.69, 9.17) is 9.05 Å². The van der Waals surface area contributed by atoms with Crippen LogP contribution in [-0.2, 0) is 0 Å². The first-order valence-corrected chi connectivity index (χ1v) is 10.7. The third kappa shape index (κ3) is 4.08. The number of hydrogen-bond acceptors (Lipinski definition) is 7. The zero-order chi connectivity index (χ0) is 22.1. The molecule has 158 valence electrons. The topological polar surface area (TPSA) is 94.1 Å².